The fraction of sp³-hybridized carbons (Fsp3) is 0.167. The zero-order chi connectivity index (χ0) is 11.5. The number of nitrogens with zero attached hydrogens (tertiary/aromatic N) is 1. The van der Waals surface area contributed by atoms with Crippen LogP contribution in [0.4, 0.5) is 0 Å². The van der Waals surface area contributed by atoms with Crippen molar-refractivity contribution in [1.82, 2.24) is 5.16 Å². The van der Waals surface area contributed by atoms with Gasteiger partial charge in [0.05, 0.1) is 10.6 Å². The van der Waals surface area contributed by atoms with E-state index in [1.807, 2.05) is 37.3 Å². The Morgan fingerprint density at radius 3 is 2.62 bits per heavy atom. The first-order valence-electron chi connectivity index (χ1n) is 4.88. The van der Waals surface area contributed by atoms with E-state index >= 15 is 0 Å². The first-order chi connectivity index (χ1) is 7.68. The molecular weight excluding hydrogens is 222 g/mol. The molecule has 0 unspecified atom stereocenters. The van der Waals surface area contributed by atoms with E-state index in [9.17, 15) is 4.79 Å². The van der Waals surface area contributed by atoms with Crippen LogP contribution in [-0.4, -0.2) is 10.9 Å². The number of hydrogen-bond acceptors (Lipinski definition) is 4. The summed E-state index contributed by atoms with van der Waals surface area (Å²) in [6.07, 6.45) is 0. The van der Waals surface area contributed by atoms with Crippen LogP contribution in [0.5, 0.6) is 0 Å². The van der Waals surface area contributed by atoms with E-state index in [4.69, 9.17) is 4.52 Å². The summed E-state index contributed by atoms with van der Waals surface area (Å²) in [7, 11) is 0. The molecule has 0 amide bonds. The van der Waals surface area contributed by atoms with Gasteiger partial charge in [-0.05, 0) is 19.1 Å². The third-order valence-electron chi connectivity index (χ3n) is 2.09. The van der Waals surface area contributed by atoms with Crippen molar-refractivity contribution in [3.8, 4) is 0 Å². The van der Waals surface area contributed by atoms with E-state index in [0.717, 1.165) is 15.5 Å². The zero-order valence-electron chi connectivity index (χ0n) is 9.06. The molecule has 0 atom stereocenters. The van der Waals surface area contributed by atoms with Crippen LogP contribution in [0.15, 0.2) is 44.6 Å². The summed E-state index contributed by atoms with van der Waals surface area (Å²) < 4.78 is 5.01. The normalized spacial score (nSPS) is 10.4. The van der Waals surface area contributed by atoms with E-state index in [0.29, 0.717) is 5.76 Å². The average molecular weight is 233 g/mol. The second kappa shape index (κ2) is 4.53. The zero-order valence-corrected chi connectivity index (χ0v) is 9.88. The molecule has 16 heavy (non-hydrogen) atoms. The number of rotatable bonds is 3. The minimum atomic E-state index is -0.0981. The number of Topliss-reactive ketones (excluding diaryl/α,β-unsaturated/α-hetero) is 1. The van der Waals surface area contributed by atoms with Gasteiger partial charge in [-0.15, -0.1) is 0 Å². The molecular formula is C12H11NO2S. The standard InChI is InChI=1S/C12H11NO2S/c1-8-12(11(9(2)14)15-13-8)16-10-6-4-3-5-7-10/h3-7H,1-2H3. The smallest absolute Gasteiger partial charge is 0.216 e. The van der Waals surface area contributed by atoms with Gasteiger partial charge in [-0.3, -0.25) is 4.79 Å². The molecule has 0 aliphatic carbocycles. The highest BCUT2D eigenvalue weighted by molar-refractivity contribution is 7.99. The maximum atomic E-state index is 11.3. The van der Waals surface area contributed by atoms with Crippen LogP contribution in [0.3, 0.4) is 0 Å². The molecule has 0 fully saturated rings. The lowest BCUT2D eigenvalue weighted by Gasteiger charge is -1.99. The van der Waals surface area contributed by atoms with Gasteiger partial charge in [-0.2, -0.15) is 0 Å². The van der Waals surface area contributed by atoms with Gasteiger partial charge in [0.25, 0.3) is 0 Å². The van der Waals surface area contributed by atoms with Gasteiger partial charge in [-0.25, -0.2) is 0 Å². The second-order valence-electron chi connectivity index (χ2n) is 3.40. The highest BCUT2D eigenvalue weighted by Crippen LogP contribution is 2.32. The van der Waals surface area contributed by atoms with Crippen LogP contribution in [-0.2, 0) is 0 Å². The Morgan fingerprint density at radius 1 is 1.31 bits per heavy atom. The first-order valence-corrected chi connectivity index (χ1v) is 5.70. The fourth-order valence-electron chi connectivity index (χ4n) is 1.31. The first kappa shape index (κ1) is 11.0. The average Bonchev–Trinajstić information content (AvgIpc) is 2.62. The van der Waals surface area contributed by atoms with Crippen LogP contribution in [0.2, 0.25) is 0 Å². The van der Waals surface area contributed by atoms with Gasteiger partial charge >= 0.3 is 0 Å². The molecule has 4 heteroatoms. The predicted octanol–water partition coefficient (Wildman–Crippen LogP) is 3.34. The van der Waals surface area contributed by atoms with Gasteiger partial charge in [0, 0.05) is 11.8 Å². The lowest BCUT2D eigenvalue weighted by Crippen LogP contribution is -1.91. The minimum absolute atomic E-state index is 0.0981. The van der Waals surface area contributed by atoms with Crippen molar-refractivity contribution in [1.29, 1.82) is 0 Å². The molecule has 0 radical (unpaired) electrons. The maximum absolute atomic E-state index is 11.3. The number of carbonyl (C=O) groups is 1. The summed E-state index contributed by atoms with van der Waals surface area (Å²) in [5, 5.41) is 3.82. The summed E-state index contributed by atoms with van der Waals surface area (Å²) in [4.78, 5) is 13.2. The number of aromatic nitrogens is 1. The summed E-state index contributed by atoms with van der Waals surface area (Å²) in [6, 6.07) is 9.84. The Labute approximate surface area is 97.8 Å². The third-order valence-corrected chi connectivity index (χ3v) is 3.28. The molecule has 0 aliphatic heterocycles. The number of benzene rings is 1. The fourth-order valence-corrected chi connectivity index (χ4v) is 2.30. The molecule has 0 saturated heterocycles. The predicted molar refractivity (Wildman–Crippen MR) is 61.8 cm³/mol. The van der Waals surface area contributed by atoms with Crippen molar-refractivity contribution in [2.75, 3.05) is 0 Å². The Balaban J connectivity index is 2.34. The van der Waals surface area contributed by atoms with E-state index in [1.165, 1.54) is 18.7 Å². The summed E-state index contributed by atoms with van der Waals surface area (Å²) >= 11 is 1.50. The molecule has 0 aliphatic rings. The van der Waals surface area contributed by atoms with Crippen LogP contribution in [0, 0.1) is 6.92 Å². The topological polar surface area (TPSA) is 43.1 Å². The van der Waals surface area contributed by atoms with Crippen molar-refractivity contribution < 1.29 is 9.32 Å². The largest absolute Gasteiger partial charge is 0.352 e. The Morgan fingerprint density at radius 2 is 2.00 bits per heavy atom. The van der Waals surface area contributed by atoms with Crippen molar-refractivity contribution >= 4 is 17.5 Å². The number of hydrogen-bond donors (Lipinski definition) is 0. The molecule has 0 bridgehead atoms. The molecule has 0 saturated carbocycles. The molecule has 2 rings (SSSR count). The molecule has 1 heterocycles. The van der Waals surface area contributed by atoms with Crippen molar-refractivity contribution in [2.24, 2.45) is 0 Å². The maximum Gasteiger partial charge on any atom is 0.216 e. The van der Waals surface area contributed by atoms with Crippen LogP contribution in [0.25, 0.3) is 0 Å². The summed E-state index contributed by atoms with van der Waals surface area (Å²) in [5.74, 6) is 0.241. The SMILES string of the molecule is CC(=O)c1onc(C)c1Sc1ccccc1. The van der Waals surface area contributed by atoms with Crippen molar-refractivity contribution in [3.63, 3.8) is 0 Å². The Bertz CT molecular complexity index is 505. The molecule has 0 spiro atoms. The number of ketones is 1. The summed E-state index contributed by atoms with van der Waals surface area (Å²) in [5.41, 5.74) is 0.749. The monoisotopic (exact) mass is 233 g/mol. The minimum Gasteiger partial charge on any atom is -0.352 e. The van der Waals surface area contributed by atoms with Gasteiger partial charge in [0.15, 0.2) is 5.78 Å². The number of aryl methyl sites for hydroxylation is 1. The molecule has 1 aromatic carbocycles. The van der Waals surface area contributed by atoms with Crippen LogP contribution in [0.1, 0.15) is 23.2 Å². The van der Waals surface area contributed by atoms with E-state index in [2.05, 4.69) is 5.16 Å². The Kier molecular flexibility index (Phi) is 3.10. The molecule has 3 nitrogen and oxygen atoms in total. The van der Waals surface area contributed by atoms with Gasteiger partial charge in [-0.1, -0.05) is 35.1 Å². The Hall–Kier alpha value is -1.55. The van der Waals surface area contributed by atoms with Crippen LogP contribution < -0.4 is 0 Å². The quantitative estimate of drug-likeness (QED) is 0.762. The highest BCUT2D eigenvalue weighted by Gasteiger charge is 2.17. The lowest BCUT2D eigenvalue weighted by molar-refractivity contribution is 0.0974. The third kappa shape index (κ3) is 2.17. The van der Waals surface area contributed by atoms with Gasteiger partial charge in [0.2, 0.25) is 5.76 Å². The molecule has 2 aromatic rings. The van der Waals surface area contributed by atoms with E-state index in [-0.39, 0.29) is 5.78 Å². The highest BCUT2D eigenvalue weighted by atomic mass is 32.2. The second-order valence-corrected chi connectivity index (χ2v) is 4.48. The van der Waals surface area contributed by atoms with E-state index in [1.54, 1.807) is 0 Å². The molecule has 1 aromatic heterocycles. The van der Waals surface area contributed by atoms with Gasteiger partial charge in [0.1, 0.15) is 0 Å². The molecule has 82 valence electrons. The summed E-state index contributed by atoms with van der Waals surface area (Å²) in [6.45, 7) is 3.32. The van der Waals surface area contributed by atoms with Gasteiger partial charge < -0.3 is 4.52 Å². The van der Waals surface area contributed by atoms with Crippen molar-refractivity contribution in [3.05, 3.63) is 41.8 Å². The van der Waals surface area contributed by atoms with E-state index < -0.39 is 0 Å². The van der Waals surface area contributed by atoms with Crippen LogP contribution >= 0.6 is 11.8 Å². The molecule has 0 N–H and O–H groups in total. The number of carbonyl (C=O) groups excluding carboxylic acids is 1. The van der Waals surface area contributed by atoms with Crippen molar-refractivity contribution in [2.45, 2.75) is 23.6 Å². The lowest BCUT2D eigenvalue weighted by atomic mass is 10.3.